The number of aromatic nitrogens is 1. The number of rotatable bonds is 2. The maximum atomic E-state index is 12.3. The molecule has 0 aliphatic heterocycles. The summed E-state index contributed by atoms with van der Waals surface area (Å²) >= 11 is 3.10. The van der Waals surface area contributed by atoms with Crippen LogP contribution in [0.3, 0.4) is 0 Å². The molecule has 0 aliphatic rings. The fraction of sp³-hybridized carbons (Fsp3) is 0.0833. The van der Waals surface area contributed by atoms with E-state index in [0.29, 0.717) is 16.4 Å². The van der Waals surface area contributed by atoms with Crippen molar-refractivity contribution in [1.29, 1.82) is 0 Å². The van der Waals surface area contributed by atoms with Gasteiger partial charge in [0.25, 0.3) is 0 Å². The molecular weight excluding hydrogens is 327 g/mol. The number of benzene rings is 1. The Balaban J connectivity index is 2.17. The van der Waals surface area contributed by atoms with Gasteiger partial charge < -0.3 is 9.84 Å². The lowest BCUT2D eigenvalue weighted by Crippen LogP contribution is -2.05. The average molecular weight is 334 g/mol. The highest BCUT2D eigenvalue weighted by molar-refractivity contribution is 9.10. The van der Waals surface area contributed by atoms with Gasteiger partial charge in [0.15, 0.2) is 0 Å². The number of hydrogen-bond acceptors (Lipinski definition) is 3. The molecule has 100 valence electrons. The molecular formula is C12H7BrF3NO2. The molecule has 0 radical (unpaired) electrons. The second kappa shape index (κ2) is 5.08. The lowest BCUT2D eigenvalue weighted by molar-refractivity contribution is -0.137. The Morgan fingerprint density at radius 3 is 2.42 bits per heavy atom. The number of nitrogens with zero attached hydrogens (tertiary/aromatic N) is 1. The van der Waals surface area contributed by atoms with Crippen LogP contribution in [0, 0.1) is 0 Å². The first-order valence-corrected chi connectivity index (χ1v) is 5.85. The number of halogens is 4. The van der Waals surface area contributed by atoms with E-state index in [9.17, 15) is 18.3 Å². The molecule has 19 heavy (non-hydrogen) atoms. The summed E-state index contributed by atoms with van der Waals surface area (Å²) in [6, 6.07) is 6.36. The van der Waals surface area contributed by atoms with Crippen LogP contribution in [0.4, 0.5) is 13.2 Å². The second-order valence-electron chi connectivity index (χ2n) is 3.60. The van der Waals surface area contributed by atoms with E-state index >= 15 is 0 Å². The number of phenols is 1. The van der Waals surface area contributed by atoms with Crippen molar-refractivity contribution in [2.75, 3.05) is 0 Å². The third-order valence-corrected chi connectivity index (χ3v) is 2.84. The minimum Gasteiger partial charge on any atom is -0.507 e. The van der Waals surface area contributed by atoms with Crippen molar-refractivity contribution in [3.8, 4) is 17.4 Å². The van der Waals surface area contributed by atoms with Gasteiger partial charge in [-0.1, -0.05) is 0 Å². The van der Waals surface area contributed by atoms with Gasteiger partial charge in [0, 0.05) is 12.3 Å². The predicted molar refractivity (Wildman–Crippen MR) is 65.1 cm³/mol. The molecule has 0 bridgehead atoms. The number of pyridine rings is 1. The molecule has 0 saturated carbocycles. The van der Waals surface area contributed by atoms with Crippen LogP contribution in [0.15, 0.2) is 41.0 Å². The van der Waals surface area contributed by atoms with Gasteiger partial charge >= 0.3 is 6.18 Å². The lowest BCUT2D eigenvalue weighted by Gasteiger charge is -2.08. The van der Waals surface area contributed by atoms with Crippen molar-refractivity contribution in [2.45, 2.75) is 6.18 Å². The van der Waals surface area contributed by atoms with Crippen LogP contribution in [-0.4, -0.2) is 10.1 Å². The zero-order valence-corrected chi connectivity index (χ0v) is 10.9. The molecule has 0 aliphatic carbocycles. The summed E-state index contributed by atoms with van der Waals surface area (Å²) in [5, 5.41) is 9.29. The van der Waals surface area contributed by atoms with Crippen LogP contribution in [-0.2, 0) is 6.18 Å². The van der Waals surface area contributed by atoms with E-state index in [0.717, 1.165) is 12.1 Å². The Hall–Kier alpha value is -1.76. The quantitative estimate of drug-likeness (QED) is 0.887. The van der Waals surface area contributed by atoms with Gasteiger partial charge in [-0.25, -0.2) is 4.98 Å². The van der Waals surface area contributed by atoms with E-state index in [4.69, 9.17) is 4.74 Å². The molecule has 1 heterocycles. The standard InChI is InChI=1S/C12H7BrF3NO2/c13-9-5-8(2-3-10(9)18)19-11-4-1-7(6-17-11)12(14,15)16/h1-6,18H. The number of phenolic OH excluding ortho intramolecular Hbond substituents is 1. The normalized spacial score (nSPS) is 11.4. The zero-order chi connectivity index (χ0) is 14.0. The fourth-order valence-electron chi connectivity index (χ4n) is 1.28. The van der Waals surface area contributed by atoms with Crippen molar-refractivity contribution in [1.82, 2.24) is 4.98 Å². The summed E-state index contributed by atoms with van der Waals surface area (Å²) in [5.74, 6) is 0.412. The molecule has 0 amide bonds. The molecule has 3 nitrogen and oxygen atoms in total. The first kappa shape index (κ1) is 13.7. The molecule has 1 aromatic carbocycles. The van der Waals surface area contributed by atoms with E-state index in [1.54, 1.807) is 0 Å². The average Bonchev–Trinajstić information content (AvgIpc) is 2.33. The molecule has 0 atom stereocenters. The largest absolute Gasteiger partial charge is 0.507 e. The maximum Gasteiger partial charge on any atom is 0.417 e. The molecule has 7 heteroatoms. The van der Waals surface area contributed by atoms with Gasteiger partial charge in [-0.2, -0.15) is 13.2 Å². The summed E-state index contributed by atoms with van der Waals surface area (Å²) in [7, 11) is 0. The van der Waals surface area contributed by atoms with Crippen LogP contribution >= 0.6 is 15.9 Å². The molecule has 1 aromatic heterocycles. The van der Waals surface area contributed by atoms with Crippen molar-refractivity contribution in [3.05, 3.63) is 46.6 Å². The Morgan fingerprint density at radius 2 is 1.89 bits per heavy atom. The van der Waals surface area contributed by atoms with Gasteiger partial charge in [-0.15, -0.1) is 0 Å². The smallest absolute Gasteiger partial charge is 0.417 e. The van der Waals surface area contributed by atoms with E-state index in [2.05, 4.69) is 20.9 Å². The SMILES string of the molecule is Oc1ccc(Oc2ccc(C(F)(F)F)cn2)cc1Br. The van der Waals surface area contributed by atoms with Gasteiger partial charge in [-0.3, -0.25) is 0 Å². The Labute approximate surface area is 114 Å². The number of ether oxygens (including phenoxy) is 1. The van der Waals surface area contributed by atoms with E-state index < -0.39 is 11.7 Å². The number of hydrogen-bond donors (Lipinski definition) is 1. The summed E-state index contributed by atoms with van der Waals surface area (Å²) < 4.78 is 42.7. The van der Waals surface area contributed by atoms with Crippen LogP contribution < -0.4 is 4.74 Å². The van der Waals surface area contributed by atoms with Crippen molar-refractivity contribution < 1.29 is 23.0 Å². The lowest BCUT2D eigenvalue weighted by atomic mass is 10.3. The second-order valence-corrected chi connectivity index (χ2v) is 4.45. The molecule has 2 aromatic rings. The van der Waals surface area contributed by atoms with Crippen LogP contribution in [0.2, 0.25) is 0 Å². The van der Waals surface area contributed by atoms with Gasteiger partial charge in [0.05, 0.1) is 10.0 Å². The van der Waals surface area contributed by atoms with Gasteiger partial charge in [0.1, 0.15) is 11.5 Å². The molecule has 0 spiro atoms. The van der Waals surface area contributed by atoms with E-state index in [1.807, 2.05) is 0 Å². The molecule has 0 unspecified atom stereocenters. The predicted octanol–water partition coefficient (Wildman–Crippen LogP) is 4.36. The summed E-state index contributed by atoms with van der Waals surface area (Å²) in [4.78, 5) is 3.57. The molecule has 1 N–H and O–H groups in total. The van der Waals surface area contributed by atoms with E-state index in [-0.39, 0.29) is 11.6 Å². The van der Waals surface area contributed by atoms with Gasteiger partial charge in [-0.05, 0) is 40.2 Å². The van der Waals surface area contributed by atoms with Crippen LogP contribution in [0.1, 0.15) is 5.56 Å². The minimum absolute atomic E-state index is 0.0330. The monoisotopic (exact) mass is 333 g/mol. The summed E-state index contributed by atoms with van der Waals surface area (Å²) in [6.07, 6.45) is -3.72. The topological polar surface area (TPSA) is 42.4 Å². The first-order chi connectivity index (χ1) is 8.86. The Bertz CT molecular complexity index is 585. The highest BCUT2D eigenvalue weighted by atomic mass is 79.9. The number of aromatic hydroxyl groups is 1. The van der Waals surface area contributed by atoms with Crippen molar-refractivity contribution in [3.63, 3.8) is 0 Å². The fourth-order valence-corrected chi connectivity index (χ4v) is 1.64. The van der Waals surface area contributed by atoms with Crippen LogP contribution in [0.25, 0.3) is 0 Å². The maximum absolute atomic E-state index is 12.3. The minimum atomic E-state index is -4.42. The molecule has 0 fully saturated rings. The zero-order valence-electron chi connectivity index (χ0n) is 9.28. The highest BCUT2D eigenvalue weighted by Gasteiger charge is 2.30. The molecule has 0 saturated heterocycles. The Kier molecular flexibility index (Phi) is 3.66. The summed E-state index contributed by atoms with van der Waals surface area (Å²) in [6.45, 7) is 0. The summed E-state index contributed by atoms with van der Waals surface area (Å²) in [5.41, 5.74) is -0.841. The van der Waals surface area contributed by atoms with Crippen molar-refractivity contribution >= 4 is 15.9 Å². The Morgan fingerprint density at radius 1 is 1.16 bits per heavy atom. The first-order valence-electron chi connectivity index (χ1n) is 5.06. The third kappa shape index (κ3) is 3.37. The van der Waals surface area contributed by atoms with Crippen LogP contribution in [0.5, 0.6) is 17.4 Å². The molecule has 2 rings (SSSR count). The highest BCUT2D eigenvalue weighted by Crippen LogP contribution is 2.32. The van der Waals surface area contributed by atoms with E-state index in [1.165, 1.54) is 18.2 Å². The third-order valence-electron chi connectivity index (χ3n) is 2.21. The van der Waals surface area contributed by atoms with Gasteiger partial charge in [0.2, 0.25) is 5.88 Å². The number of alkyl halides is 3. The van der Waals surface area contributed by atoms with Crippen molar-refractivity contribution in [2.24, 2.45) is 0 Å².